The van der Waals surface area contributed by atoms with Gasteiger partial charge in [0, 0.05) is 19.1 Å². The Balaban J connectivity index is 2.06. The lowest BCUT2D eigenvalue weighted by atomic mass is 9.85. The molecule has 0 radical (unpaired) electrons. The summed E-state index contributed by atoms with van der Waals surface area (Å²) in [6.07, 6.45) is 0.140. The van der Waals surface area contributed by atoms with Gasteiger partial charge < -0.3 is 25.6 Å². The van der Waals surface area contributed by atoms with Crippen molar-refractivity contribution < 1.29 is 29.3 Å². The Morgan fingerprint density at radius 3 is 2.20 bits per heavy atom. The predicted octanol–water partition coefficient (Wildman–Crippen LogP) is -1.41. The quantitative estimate of drug-likeness (QED) is 0.581. The number of likely N-dealkylation sites (tertiary alicyclic amines) is 1. The minimum atomic E-state index is -1.19. The number of ether oxygens (including phenoxy) is 1. The molecule has 8 nitrogen and oxygen atoms in total. The van der Waals surface area contributed by atoms with Gasteiger partial charge in [0.1, 0.15) is 0 Å². The highest BCUT2D eigenvalue weighted by molar-refractivity contribution is 5.84. The molecule has 2 saturated heterocycles. The Labute approximate surface area is 115 Å². The lowest BCUT2D eigenvalue weighted by molar-refractivity contribution is -0.159. The Morgan fingerprint density at radius 2 is 1.70 bits per heavy atom. The third-order valence-corrected chi connectivity index (χ3v) is 4.00. The predicted molar refractivity (Wildman–Crippen MR) is 65.7 cm³/mol. The van der Waals surface area contributed by atoms with Gasteiger partial charge in [-0.3, -0.25) is 14.4 Å². The van der Waals surface area contributed by atoms with E-state index >= 15 is 0 Å². The van der Waals surface area contributed by atoms with E-state index in [0.717, 1.165) is 0 Å². The summed E-state index contributed by atoms with van der Waals surface area (Å²) < 4.78 is 5.13. The molecule has 0 aromatic heterocycles. The monoisotopic (exact) mass is 286 g/mol. The fourth-order valence-electron chi connectivity index (χ4n) is 2.76. The normalized spacial score (nSPS) is 34.0. The van der Waals surface area contributed by atoms with Crippen molar-refractivity contribution in [1.29, 1.82) is 0 Å². The van der Waals surface area contributed by atoms with Crippen LogP contribution in [0.4, 0.5) is 0 Å². The molecule has 4 N–H and O–H groups in total. The molecule has 0 spiro atoms. The minimum absolute atomic E-state index is 0.0889. The molecule has 2 aliphatic rings. The number of carbonyl (C=O) groups excluding carboxylic acids is 1. The first-order chi connectivity index (χ1) is 9.41. The molecular formula is C12H18N2O6. The summed E-state index contributed by atoms with van der Waals surface area (Å²) >= 11 is 0. The van der Waals surface area contributed by atoms with Crippen molar-refractivity contribution >= 4 is 17.8 Å². The van der Waals surface area contributed by atoms with Gasteiger partial charge >= 0.3 is 11.9 Å². The van der Waals surface area contributed by atoms with Gasteiger partial charge in [-0.2, -0.15) is 0 Å². The first-order valence-electron chi connectivity index (χ1n) is 6.49. The summed E-state index contributed by atoms with van der Waals surface area (Å²) in [4.78, 5) is 35.9. The van der Waals surface area contributed by atoms with Crippen LogP contribution >= 0.6 is 0 Å². The van der Waals surface area contributed by atoms with Gasteiger partial charge in [0.05, 0.1) is 31.0 Å². The van der Waals surface area contributed by atoms with Gasteiger partial charge in [0.15, 0.2) is 0 Å². The van der Waals surface area contributed by atoms with Crippen LogP contribution in [0, 0.1) is 17.8 Å². The van der Waals surface area contributed by atoms with Crippen molar-refractivity contribution in [3.8, 4) is 0 Å². The average Bonchev–Trinajstić information content (AvgIpc) is 2.83. The molecule has 0 bridgehead atoms. The number of nitrogens with zero attached hydrogens (tertiary/aromatic N) is 1. The standard InChI is InChI=1S/C12H18N2O6/c13-9-5-20-4-8(9)10(15)14-2-1-6(11(16)17)7(3-14)12(18)19/h6-9H,1-5,13H2,(H,16,17)(H,18,19). The van der Waals surface area contributed by atoms with E-state index in [0.29, 0.717) is 6.61 Å². The summed E-state index contributed by atoms with van der Waals surface area (Å²) in [5.74, 6) is -5.07. The maximum absolute atomic E-state index is 12.3. The largest absolute Gasteiger partial charge is 0.481 e. The Morgan fingerprint density at radius 1 is 1.05 bits per heavy atom. The molecule has 0 aromatic rings. The van der Waals surface area contributed by atoms with Gasteiger partial charge in [-0.05, 0) is 6.42 Å². The zero-order valence-corrected chi connectivity index (χ0v) is 10.9. The molecule has 0 saturated carbocycles. The van der Waals surface area contributed by atoms with Crippen LogP contribution < -0.4 is 5.73 Å². The maximum Gasteiger partial charge on any atom is 0.309 e. The van der Waals surface area contributed by atoms with Gasteiger partial charge in [-0.15, -0.1) is 0 Å². The highest BCUT2D eigenvalue weighted by Gasteiger charge is 2.42. The molecule has 1 amide bonds. The minimum Gasteiger partial charge on any atom is -0.481 e. The molecule has 2 rings (SSSR count). The Bertz CT molecular complexity index is 426. The number of carboxylic acids is 2. The second kappa shape index (κ2) is 5.76. The Kier molecular flexibility index (Phi) is 4.24. The van der Waals surface area contributed by atoms with E-state index in [1.54, 1.807) is 0 Å². The van der Waals surface area contributed by atoms with Crippen LogP contribution in [-0.4, -0.2) is 65.3 Å². The van der Waals surface area contributed by atoms with Crippen LogP contribution in [0.2, 0.25) is 0 Å². The fraction of sp³-hybridized carbons (Fsp3) is 0.750. The summed E-state index contributed by atoms with van der Waals surface area (Å²) in [7, 11) is 0. The summed E-state index contributed by atoms with van der Waals surface area (Å²) in [5, 5.41) is 18.2. The molecule has 2 aliphatic heterocycles. The van der Waals surface area contributed by atoms with E-state index in [1.807, 2.05) is 0 Å². The average molecular weight is 286 g/mol. The van der Waals surface area contributed by atoms with Crippen molar-refractivity contribution in [2.75, 3.05) is 26.3 Å². The maximum atomic E-state index is 12.3. The van der Waals surface area contributed by atoms with Gasteiger partial charge in [0.2, 0.25) is 5.91 Å². The number of hydrogen-bond donors (Lipinski definition) is 3. The van der Waals surface area contributed by atoms with E-state index in [-0.39, 0.29) is 38.1 Å². The number of piperidine rings is 1. The van der Waals surface area contributed by atoms with Crippen LogP contribution in [0.3, 0.4) is 0 Å². The van der Waals surface area contributed by atoms with Crippen molar-refractivity contribution in [2.45, 2.75) is 12.5 Å². The molecule has 20 heavy (non-hydrogen) atoms. The molecule has 2 heterocycles. The van der Waals surface area contributed by atoms with E-state index in [1.165, 1.54) is 4.90 Å². The summed E-state index contributed by atoms with van der Waals surface area (Å²) in [6, 6.07) is -0.386. The van der Waals surface area contributed by atoms with Gasteiger partial charge in [-0.1, -0.05) is 0 Å². The SMILES string of the molecule is NC1COCC1C(=O)N1CCC(C(=O)O)C(C(=O)O)C1. The lowest BCUT2D eigenvalue weighted by Crippen LogP contribution is -2.52. The second-order valence-corrected chi connectivity index (χ2v) is 5.27. The molecule has 0 aliphatic carbocycles. The molecule has 112 valence electrons. The van der Waals surface area contributed by atoms with E-state index in [2.05, 4.69) is 0 Å². The van der Waals surface area contributed by atoms with Crippen molar-refractivity contribution in [2.24, 2.45) is 23.5 Å². The number of hydrogen-bond acceptors (Lipinski definition) is 5. The summed E-state index contributed by atoms with van der Waals surface area (Å²) in [6.45, 7) is 0.693. The highest BCUT2D eigenvalue weighted by Crippen LogP contribution is 2.26. The van der Waals surface area contributed by atoms with Crippen LogP contribution in [0.25, 0.3) is 0 Å². The highest BCUT2D eigenvalue weighted by atomic mass is 16.5. The van der Waals surface area contributed by atoms with E-state index < -0.39 is 29.7 Å². The summed E-state index contributed by atoms with van der Waals surface area (Å²) in [5.41, 5.74) is 5.77. The van der Waals surface area contributed by atoms with Gasteiger partial charge in [-0.25, -0.2) is 0 Å². The smallest absolute Gasteiger partial charge is 0.309 e. The molecule has 4 atom stereocenters. The number of rotatable bonds is 3. The number of carbonyl (C=O) groups is 3. The van der Waals surface area contributed by atoms with Crippen LogP contribution in [-0.2, 0) is 19.1 Å². The number of carboxylic acid groups (broad SMARTS) is 2. The second-order valence-electron chi connectivity index (χ2n) is 5.27. The first kappa shape index (κ1) is 14.7. The van der Waals surface area contributed by atoms with Crippen molar-refractivity contribution in [1.82, 2.24) is 4.90 Å². The third-order valence-electron chi connectivity index (χ3n) is 4.00. The van der Waals surface area contributed by atoms with Crippen LogP contribution in [0.1, 0.15) is 6.42 Å². The van der Waals surface area contributed by atoms with Crippen LogP contribution in [0.5, 0.6) is 0 Å². The first-order valence-corrected chi connectivity index (χ1v) is 6.49. The van der Waals surface area contributed by atoms with Gasteiger partial charge in [0.25, 0.3) is 0 Å². The third kappa shape index (κ3) is 2.75. The van der Waals surface area contributed by atoms with E-state index in [9.17, 15) is 14.4 Å². The molecule has 0 aromatic carbocycles. The van der Waals surface area contributed by atoms with Crippen molar-refractivity contribution in [3.05, 3.63) is 0 Å². The zero-order chi connectivity index (χ0) is 14.9. The number of aliphatic carboxylic acids is 2. The van der Waals surface area contributed by atoms with E-state index in [4.69, 9.17) is 20.7 Å². The molecular weight excluding hydrogens is 268 g/mol. The molecule has 2 fully saturated rings. The number of nitrogens with two attached hydrogens (primary N) is 1. The molecule has 8 heteroatoms. The van der Waals surface area contributed by atoms with Crippen molar-refractivity contribution in [3.63, 3.8) is 0 Å². The molecule has 4 unspecified atom stereocenters. The topological polar surface area (TPSA) is 130 Å². The zero-order valence-electron chi connectivity index (χ0n) is 10.9. The number of amides is 1. The Hall–Kier alpha value is -1.67. The fourth-order valence-corrected chi connectivity index (χ4v) is 2.76. The lowest BCUT2D eigenvalue weighted by Gasteiger charge is -2.36. The van der Waals surface area contributed by atoms with Crippen LogP contribution in [0.15, 0.2) is 0 Å².